The summed E-state index contributed by atoms with van der Waals surface area (Å²) in [5.41, 5.74) is 16.7. The molecule has 0 bridgehead atoms. The van der Waals surface area contributed by atoms with Crippen molar-refractivity contribution in [3.63, 3.8) is 0 Å². The van der Waals surface area contributed by atoms with Gasteiger partial charge >= 0.3 is 23.9 Å². The maximum atomic E-state index is 6.75. The summed E-state index contributed by atoms with van der Waals surface area (Å²) in [6.07, 6.45) is 6.16. The fourth-order valence-corrected chi connectivity index (χ4v) is 3.20. The van der Waals surface area contributed by atoms with Crippen LogP contribution >= 0.6 is 0 Å². The van der Waals surface area contributed by atoms with E-state index >= 15 is 0 Å². The predicted octanol–water partition coefficient (Wildman–Crippen LogP) is 4.69. The van der Waals surface area contributed by atoms with Crippen LogP contribution in [0.5, 0.6) is 0 Å². The molecule has 1 radical (unpaired) electrons. The van der Waals surface area contributed by atoms with Gasteiger partial charge in [-0.2, -0.15) is 0 Å². The van der Waals surface area contributed by atoms with E-state index in [0.29, 0.717) is 0 Å². The minimum atomic E-state index is -1.34. The molecule has 3 aromatic heterocycles. The van der Waals surface area contributed by atoms with E-state index in [-0.39, 0.29) is 33.0 Å². The summed E-state index contributed by atoms with van der Waals surface area (Å²) in [5, 5.41) is 14.7. The van der Waals surface area contributed by atoms with Crippen LogP contribution in [0.15, 0.2) is 36.8 Å². The van der Waals surface area contributed by atoms with Crippen LogP contribution in [0.4, 0.5) is 0 Å². The largest absolute Gasteiger partial charge is 2.00 e. The molecular formula is C21H34BCoN9. The first-order chi connectivity index (χ1) is 14.2. The topological polar surface area (TPSA) is 112 Å². The fraction of sp³-hybridized carbons (Fsp3) is 0.571. The molecule has 0 aliphatic rings. The Kier molecular flexibility index (Phi) is 8.59. The van der Waals surface area contributed by atoms with Crippen molar-refractivity contribution < 1.29 is 16.8 Å². The fourth-order valence-electron chi connectivity index (χ4n) is 3.20. The van der Waals surface area contributed by atoms with Gasteiger partial charge in [-0.1, -0.05) is 62.3 Å². The van der Waals surface area contributed by atoms with E-state index in [1.165, 1.54) is 4.91 Å². The van der Waals surface area contributed by atoms with Crippen molar-refractivity contribution in [2.75, 3.05) is 0 Å². The SMILES string of the molecule is CC(C)(C)c1ccn([BH-](n2ccc(C(C)(C)C)n2)n2ccc(C(C)(C)C)n2)n1.[Co+2].[N-]=[N+]=[N-]. The van der Waals surface area contributed by atoms with Gasteiger partial charge in [0.2, 0.25) is 0 Å². The zero-order chi connectivity index (χ0) is 23.6. The Hall–Kier alpha value is -2.49. The maximum Gasteiger partial charge on any atom is 2.00 e. The molecule has 0 spiro atoms. The van der Waals surface area contributed by atoms with Crippen molar-refractivity contribution in [3.8, 4) is 0 Å². The number of aromatic nitrogens is 6. The Labute approximate surface area is 201 Å². The van der Waals surface area contributed by atoms with Crippen LogP contribution < -0.4 is 0 Å². The Balaban J connectivity index is 0.00000121. The average molecular weight is 482 g/mol. The van der Waals surface area contributed by atoms with E-state index in [1.54, 1.807) is 0 Å². The zero-order valence-corrected chi connectivity index (χ0v) is 21.6. The molecule has 11 heteroatoms. The van der Waals surface area contributed by atoms with Gasteiger partial charge in [0, 0.05) is 16.2 Å². The van der Waals surface area contributed by atoms with Crippen molar-refractivity contribution in [3.05, 3.63) is 69.8 Å². The molecule has 0 aromatic carbocycles. The minimum absolute atomic E-state index is 0. The van der Waals surface area contributed by atoms with Crippen molar-refractivity contribution in [1.82, 2.24) is 29.1 Å². The molecule has 0 unspecified atom stereocenters. The van der Waals surface area contributed by atoms with Crippen molar-refractivity contribution in [1.29, 1.82) is 0 Å². The second-order valence-corrected chi connectivity index (χ2v) is 11.0. The quantitative estimate of drug-likeness (QED) is 0.234. The van der Waals surface area contributed by atoms with E-state index in [4.69, 9.17) is 26.4 Å². The van der Waals surface area contributed by atoms with Gasteiger partial charge < -0.3 is 24.8 Å². The standard InChI is InChI=1S/C21H34BN6.Co.N3/c1-19(2,3)16-10-13-26(23-16)22(27-14-11-17(24-27)20(4,5)6)28-15-12-18(25-28)21(7,8)9;;1-3-2/h10-15,22H,1-9H3;;/q-1;+2;-1. The third-order valence-electron chi connectivity index (χ3n) is 5.10. The molecule has 32 heavy (non-hydrogen) atoms. The van der Waals surface area contributed by atoms with Gasteiger partial charge in [-0.05, 0) is 36.8 Å². The summed E-state index contributed by atoms with van der Waals surface area (Å²) in [5.74, 6) is 0. The van der Waals surface area contributed by atoms with Crippen LogP contribution in [0.25, 0.3) is 16.0 Å². The molecule has 0 aliphatic heterocycles. The predicted molar refractivity (Wildman–Crippen MR) is 126 cm³/mol. The zero-order valence-electron chi connectivity index (χ0n) is 20.5. The molecule has 0 atom stereocenters. The Morgan fingerprint density at radius 2 is 0.844 bits per heavy atom. The summed E-state index contributed by atoms with van der Waals surface area (Å²) < 4.78 is 6.08. The number of rotatable bonds is 3. The van der Waals surface area contributed by atoms with Crippen molar-refractivity contribution in [2.45, 2.75) is 78.6 Å². The first-order valence-electron chi connectivity index (χ1n) is 10.5. The van der Waals surface area contributed by atoms with Crippen LogP contribution in [0.3, 0.4) is 0 Å². The molecule has 0 saturated heterocycles. The van der Waals surface area contributed by atoms with Gasteiger partial charge in [-0.25, -0.2) is 15.3 Å². The second-order valence-electron chi connectivity index (χ2n) is 11.0. The normalized spacial score (nSPS) is 12.1. The van der Waals surface area contributed by atoms with Gasteiger partial charge in [0.1, 0.15) is 0 Å². The van der Waals surface area contributed by atoms with E-state index in [9.17, 15) is 0 Å². The summed E-state index contributed by atoms with van der Waals surface area (Å²) in [6.45, 7) is 19.6. The molecule has 3 heterocycles. The van der Waals surface area contributed by atoms with E-state index in [2.05, 4.69) is 99.1 Å². The maximum absolute atomic E-state index is 6.75. The van der Waals surface area contributed by atoms with Gasteiger partial charge in [0.25, 0.3) is 0 Å². The van der Waals surface area contributed by atoms with Gasteiger partial charge in [0.15, 0.2) is 0 Å². The van der Waals surface area contributed by atoms with Crippen LogP contribution in [0.2, 0.25) is 0 Å². The Bertz CT molecular complexity index is 914. The van der Waals surface area contributed by atoms with E-state index in [0.717, 1.165) is 17.1 Å². The molecule has 0 amide bonds. The first-order valence-corrected chi connectivity index (χ1v) is 10.5. The van der Waals surface area contributed by atoms with Crippen LogP contribution in [0, 0.1) is 0 Å². The van der Waals surface area contributed by atoms with Gasteiger partial charge in [0.05, 0.1) is 17.1 Å². The van der Waals surface area contributed by atoms with Crippen LogP contribution in [-0.2, 0) is 33.0 Å². The van der Waals surface area contributed by atoms with E-state index in [1.807, 2.05) is 13.8 Å². The Morgan fingerprint density at radius 3 is 1.00 bits per heavy atom. The molecule has 3 rings (SSSR count). The van der Waals surface area contributed by atoms with Gasteiger partial charge in [-0.3, -0.25) is 4.91 Å². The number of hydrogen-bond donors (Lipinski definition) is 0. The smallest absolute Gasteiger partial charge is 0.403 e. The molecule has 0 N–H and O–H groups in total. The Morgan fingerprint density at radius 1 is 0.625 bits per heavy atom. The first kappa shape index (κ1) is 27.5. The summed E-state index contributed by atoms with van der Waals surface area (Å²) in [6, 6.07) is 6.30. The van der Waals surface area contributed by atoms with Crippen LogP contribution in [-0.4, -0.2) is 36.2 Å². The second kappa shape index (κ2) is 9.98. The van der Waals surface area contributed by atoms with E-state index < -0.39 is 7.12 Å². The summed E-state index contributed by atoms with van der Waals surface area (Å²) in [4.78, 5) is 1.50. The van der Waals surface area contributed by atoms with Crippen molar-refractivity contribution >= 4 is 7.12 Å². The average Bonchev–Trinajstić information content (AvgIpc) is 3.35. The summed E-state index contributed by atoms with van der Waals surface area (Å²) >= 11 is 0. The molecule has 0 fully saturated rings. The minimum Gasteiger partial charge on any atom is -0.403 e. The summed E-state index contributed by atoms with van der Waals surface area (Å²) in [7, 11) is -1.34. The third kappa shape index (κ3) is 6.51. The number of nitrogens with zero attached hydrogens (tertiary/aromatic N) is 9. The molecule has 175 valence electrons. The molecular weight excluding hydrogens is 448 g/mol. The molecule has 3 aromatic rings. The monoisotopic (exact) mass is 482 g/mol. The van der Waals surface area contributed by atoms with Crippen LogP contribution in [0.1, 0.15) is 79.4 Å². The molecule has 0 aliphatic carbocycles. The third-order valence-corrected chi connectivity index (χ3v) is 5.10. The molecule has 0 saturated carbocycles. The molecule has 9 nitrogen and oxygen atoms in total. The van der Waals surface area contributed by atoms with Crippen molar-refractivity contribution in [2.24, 2.45) is 0 Å². The van der Waals surface area contributed by atoms with Gasteiger partial charge in [-0.15, -0.1) is 0 Å². The number of hydrogen-bond acceptors (Lipinski definition) is 3.